The van der Waals surface area contributed by atoms with E-state index >= 15 is 0 Å². The molecule has 0 saturated carbocycles. The second kappa shape index (κ2) is 8.68. The predicted octanol–water partition coefficient (Wildman–Crippen LogP) is 6.08. The zero-order chi connectivity index (χ0) is 20.4. The lowest BCUT2D eigenvalue weighted by Gasteiger charge is -2.11. The van der Waals surface area contributed by atoms with Gasteiger partial charge in [-0.3, -0.25) is 4.79 Å². The number of rotatable bonds is 4. The highest BCUT2D eigenvalue weighted by Crippen LogP contribution is 2.23. The van der Waals surface area contributed by atoms with Gasteiger partial charge in [0, 0.05) is 31.8 Å². The molecule has 2 aromatic carbocycles. The lowest BCUT2D eigenvalue weighted by molar-refractivity contribution is 0.0955. The maximum Gasteiger partial charge on any atom is 0.271 e. The molecule has 0 aliphatic rings. The van der Waals surface area contributed by atoms with Crippen LogP contribution in [0, 0.1) is 24.3 Å². The molecule has 1 amide bonds. The van der Waals surface area contributed by atoms with Gasteiger partial charge in [0.25, 0.3) is 5.91 Å². The summed E-state index contributed by atoms with van der Waals surface area (Å²) in [5.74, 6) is -0.350. The number of hydrazone groups is 1. The number of hydrogen-bond acceptors (Lipinski definition) is 2. The Labute approximate surface area is 187 Å². The Morgan fingerprint density at radius 3 is 2.50 bits per heavy atom. The Balaban J connectivity index is 1.80. The molecule has 0 radical (unpaired) electrons. The van der Waals surface area contributed by atoms with Crippen molar-refractivity contribution in [3.05, 3.63) is 84.2 Å². The quantitative estimate of drug-likeness (QED) is 0.250. The van der Waals surface area contributed by atoms with Gasteiger partial charge in [-0.05, 0) is 91.4 Å². The van der Waals surface area contributed by atoms with E-state index in [2.05, 4.69) is 62.8 Å². The Morgan fingerprint density at radius 2 is 1.82 bits per heavy atom. The standard InChI is InChI=1S/C21H18Cl2IN3O/c1-12-8-17(5-7-20(12)24)27-13(2)9-16(14(27)3)11-25-26-21(28)15-4-6-18(22)19(23)10-15/h4-11H,1-3H3,(H,26,28)/b25-11-. The van der Waals surface area contributed by atoms with E-state index in [9.17, 15) is 4.79 Å². The fourth-order valence-corrected chi connectivity index (χ4v) is 3.58. The van der Waals surface area contributed by atoms with Crippen molar-refractivity contribution in [3.8, 4) is 5.69 Å². The zero-order valence-electron chi connectivity index (χ0n) is 15.6. The SMILES string of the molecule is Cc1cc(-n2c(C)cc(/C=N\NC(=O)c3ccc(Cl)c(Cl)c3)c2C)ccc1I. The highest BCUT2D eigenvalue weighted by molar-refractivity contribution is 14.1. The van der Waals surface area contributed by atoms with Crippen molar-refractivity contribution in [2.24, 2.45) is 5.10 Å². The molecule has 1 N–H and O–H groups in total. The molecule has 0 spiro atoms. The number of benzene rings is 2. The molecule has 144 valence electrons. The molecular weight excluding hydrogens is 508 g/mol. The predicted molar refractivity (Wildman–Crippen MR) is 124 cm³/mol. The number of nitrogens with one attached hydrogen (secondary N) is 1. The molecule has 4 nitrogen and oxygen atoms in total. The molecule has 0 bridgehead atoms. The third-order valence-corrected chi connectivity index (χ3v) is 6.37. The van der Waals surface area contributed by atoms with Gasteiger partial charge in [0.1, 0.15) is 0 Å². The molecular formula is C21H18Cl2IN3O. The average molecular weight is 526 g/mol. The van der Waals surface area contributed by atoms with Crippen LogP contribution in [-0.4, -0.2) is 16.7 Å². The summed E-state index contributed by atoms with van der Waals surface area (Å²) in [5.41, 5.74) is 8.33. The Kier molecular flexibility index (Phi) is 6.47. The number of nitrogens with zero attached hydrogens (tertiary/aromatic N) is 2. The van der Waals surface area contributed by atoms with E-state index in [1.54, 1.807) is 18.3 Å². The first-order chi connectivity index (χ1) is 13.3. The van der Waals surface area contributed by atoms with Gasteiger partial charge < -0.3 is 4.57 Å². The van der Waals surface area contributed by atoms with Crippen LogP contribution in [0.15, 0.2) is 47.6 Å². The molecule has 3 aromatic rings. The van der Waals surface area contributed by atoms with E-state index in [0.717, 1.165) is 22.6 Å². The second-order valence-electron chi connectivity index (χ2n) is 6.42. The van der Waals surface area contributed by atoms with Crippen molar-refractivity contribution in [1.82, 2.24) is 9.99 Å². The summed E-state index contributed by atoms with van der Waals surface area (Å²) >= 11 is 14.2. The first-order valence-corrected chi connectivity index (χ1v) is 10.4. The van der Waals surface area contributed by atoms with Crippen LogP contribution < -0.4 is 5.43 Å². The molecule has 1 aromatic heterocycles. The summed E-state index contributed by atoms with van der Waals surface area (Å²) in [4.78, 5) is 12.2. The minimum absolute atomic E-state index is 0.328. The summed E-state index contributed by atoms with van der Waals surface area (Å²) in [5, 5.41) is 4.83. The van der Waals surface area contributed by atoms with E-state index in [-0.39, 0.29) is 5.91 Å². The largest absolute Gasteiger partial charge is 0.318 e. The van der Waals surface area contributed by atoms with Crippen molar-refractivity contribution in [1.29, 1.82) is 0 Å². The van der Waals surface area contributed by atoms with E-state index < -0.39 is 0 Å². The third kappa shape index (κ3) is 4.42. The lowest BCUT2D eigenvalue weighted by Crippen LogP contribution is -2.17. The fraction of sp³-hybridized carbons (Fsp3) is 0.143. The van der Waals surface area contributed by atoms with Crippen LogP contribution in [0.25, 0.3) is 5.69 Å². The summed E-state index contributed by atoms with van der Waals surface area (Å²) in [6, 6.07) is 13.1. The summed E-state index contributed by atoms with van der Waals surface area (Å²) in [7, 11) is 0. The normalized spacial score (nSPS) is 11.2. The number of carbonyl (C=O) groups excluding carboxylic acids is 1. The van der Waals surface area contributed by atoms with Gasteiger partial charge >= 0.3 is 0 Å². The Hall–Kier alpha value is -1.83. The van der Waals surface area contributed by atoms with Gasteiger partial charge in [0.05, 0.1) is 16.3 Å². The van der Waals surface area contributed by atoms with Crippen molar-refractivity contribution in [2.45, 2.75) is 20.8 Å². The summed E-state index contributed by atoms with van der Waals surface area (Å²) < 4.78 is 3.40. The number of amides is 1. The molecule has 0 unspecified atom stereocenters. The van der Waals surface area contributed by atoms with Crippen LogP contribution in [0.4, 0.5) is 0 Å². The maximum absolute atomic E-state index is 12.2. The molecule has 0 aliphatic carbocycles. The zero-order valence-corrected chi connectivity index (χ0v) is 19.2. The Morgan fingerprint density at radius 1 is 1.07 bits per heavy atom. The highest BCUT2D eigenvalue weighted by atomic mass is 127. The monoisotopic (exact) mass is 525 g/mol. The molecule has 28 heavy (non-hydrogen) atoms. The van der Waals surface area contributed by atoms with Gasteiger partial charge in [-0.15, -0.1) is 0 Å². The molecule has 1 heterocycles. The summed E-state index contributed by atoms with van der Waals surface area (Å²) in [6.07, 6.45) is 1.65. The second-order valence-corrected chi connectivity index (χ2v) is 8.40. The Bertz CT molecular complexity index is 1090. The number of aryl methyl sites for hydroxylation is 2. The van der Waals surface area contributed by atoms with E-state index in [1.807, 2.05) is 19.9 Å². The van der Waals surface area contributed by atoms with Crippen LogP contribution in [0.2, 0.25) is 10.0 Å². The first-order valence-electron chi connectivity index (χ1n) is 8.52. The van der Waals surface area contributed by atoms with E-state index in [0.29, 0.717) is 15.6 Å². The minimum Gasteiger partial charge on any atom is -0.318 e. The topological polar surface area (TPSA) is 46.4 Å². The van der Waals surface area contributed by atoms with Gasteiger partial charge in [0.2, 0.25) is 0 Å². The van der Waals surface area contributed by atoms with Gasteiger partial charge in [0.15, 0.2) is 0 Å². The van der Waals surface area contributed by atoms with Crippen LogP contribution in [0.1, 0.15) is 32.9 Å². The smallest absolute Gasteiger partial charge is 0.271 e. The number of carbonyl (C=O) groups is 1. The van der Waals surface area contributed by atoms with Crippen LogP contribution in [-0.2, 0) is 0 Å². The average Bonchev–Trinajstić information content (AvgIpc) is 2.93. The number of hydrogen-bond donors (Lipinski definition) is 1. The van der Waals surface area contributed by atoms with Crippen molar-refractivity contribution in [2.75, 3.05) is 0 Å². The van der Waals surface area contributed by atoms with Gasteiger partial charge in [-0.25, -0.2) is 5.43 Å². The first kappa shape index (κ1) is 20.9. The van der Waals surface area contributed by atoms with E-state index in [1.165, 1.54) is 15.2 Å². The van der Waals surface area contributed by atoms with Crippen LogP contribution in [0.5, 0.6) is 0 Å². The van der Waals surface area contributed by atoms with Crippen molar-refractivity contribution in [3.63, 3.8) is 0 Å². The fourth-order valence-electron chi connectivity index (χ4n) is 2.95. The van der Waals surface area contributed by atoms with Crippen LogP contribution >= 0.6 is 45.8 Å². The van der Waals surface area contributed by atoms with Crippen molar-refractivity contribution >= 4 is 57.9 Å². The summed E-state index contributed by atoms with van der Waals surface area (Å²) in [6.45, 7) is 6.18. The molecule has 0 atom stereocenters. The molecule has 0 fully saturated rings. The highest BCUT2D eigenvalue weighted by Gasteiger charge is 2.11. The molecule has 7 heteroatoms. The maximum atomic E-state index is 12.2. The minimum atomic E-state index is -0.350. The van der Waals surface area contributed by atoms with E-state index in [4.69, 9.17) is 23.2 Å². The number of halogens is 3. The van der Waals surface area contributed by atoms with Crippen LogP contribution in [0.3, 0.4) is 0 Å². The molecule has 0 aliphatic heterocycles. The van der Waals surface area contributed by atoms with Crippen molar-refractivity contribution < 1.29 is 4.79 Å². The molecule has 0 saturated heterocycles. The molecule has 3 rings (SSSR count). The van der Waals surface area contributed by atoms with Gasteiger partial charge in [-0.2, -0.15) is 5.10 Å². The third-order valence-electron chi connectivity index (χ3n) is 4.42. The number of aromatic nitrogens is 1. The lowest BCUT2D eigenvalue weighted by atomic mass is 10.2. The van der Waals surface area contributed by atoms with Gasteiger partial charge in [-0.1, -0.05) is 23.2 Å².